The van der Waals surface area contributed by atoms with E-state index < -0.39 is 0 Å². The van der Waals surface area contributed by atoms with Crippen molar-refractivity contribution in [1.29, 1.82) is 0 Å². The topological polar surface area (TPSA) is 0 Å². The Labute approximate surface area is 165 Å². The van der Waals surface area contributed by atoms with Crippen LogP contribution in [0.5, 0.6) is 0 Å². The van der Waals surface area contributed by atoms with E-state index in [9.17, 15) is 0 Å². The maximum absolute atomic E-state index is 3.27. The van der Waals surface area contributed by atoms with Gasteiger partial charge in [-0.15, -0.1) is 5.92 Å². The maximum Gasteiger partial charge on any atom is 0.0249 e. The molecule has 0 atom stereocenters. The summed E-state index contributed by atoms with van der Waals surface area (Å²) in [6, 6.07) is 16.9. The van der Waals surface area contributed by atoms with Crippen LogP contribution in [0.15, 0.2) is 48.5 Å². The summed E-state index contributed by atoms with van der Waals surface area (Å²) in [6.45, 7) is 4.19. The van der Waals surface area contributed by atoms with Gasteiger partial charge in [-0.3, -0.25) is 0 Å². The van der Waals surface area contributed by atoms with Gasteiger partial charge in [-0.05, 0) is 73.6 Å². The van der Waals surface area contributed by atoms with Crippen molar-refractivity contribution >= 4 is 0 Å². The molecular weight excluding hydrogens is 324 g/mol. The molecule has 0 heterocycles. The highest BCUT2D eigenvalue weighted by Crippen LogP contribution is 2.33. The van der Waals surface area contributed by atoms with Gasteiger partial charge in [-0.25, -0.2) is 0 Å². The summed E-state index contributed by atoms with van der Waals surface area (Å²) >= 11 is 0. The molecule has 0 N–H and O–H groups in total. The van der Waals surface area contributed by atoms with Crippen molar-refractivity contribution in [2.75, 3.05) is 0 Å². The molecule has 27 heavy (non-hydrogen) atoms. The Balaban J connectivity index is 1.51. The highest BCUT2D eigenvalue weighted by atomic mass is 14.2. The van der Waals surface area contributed by atoms with Crippen LogP contribution < -0.4 is 0 Å². The lowest BCUT2D eigenvalue weighted by Crippen LogP contribution is -2.14. The number of hydrogen-bond donors (Lipinski definition) is 0. The predicted molar refractivity (Wildman–Crippen MR) is 115 cm³/mol. The van der Waals surface area contributed by atoms with Crippen molar-refractivity contribution in [1.82, 2.24) is 0 Å². The van der Waals surface area contributed by atoms with Gasteiger partial charge >= 0.3 is 0 Å². The maximum atomic E-state index is 3.27. The first-order valence-electron chi connectivity index (χ1n) is 10.4. The largest absolute Gasteiger partial charge is 0.101 e. The van der Waals surface area contributed by atoms with Gasteiger partial charge in [-0.2, -0.15) is 0 Å². The van der Waals surface area contributed by atoms with Gasteiger partial charge in [0.05, 0.1) is 0 Å². The molecule has 0 aromatic heterocycles. The summed E-state index contributed by atoms with van der Waals surface area (Å²) in [7, 11) is 0. The van der Waals surface area contributed by atoms with Gasteiger partial charge in [-0.1, -0.05) is 68.9 Å². The normalized spacial score (nSPS) is 18.7. The van der Waals surface area contributed by atoms with Gasteiger partial charge < -0.3 is 0 Å². The van der Waals surface area contributed by atoms with Crippen molar-refractivity contribution in [2.45, 2.75) is 58.8 Å². The van der Waals surface area contributed by atoms with Crippen molar-refractivity contribution in [3.05, 3.63) is 70.8 Å². The molecule has 0 unspecified atom stereocenters. The molecule has 0 aliphatic heterocycles. The standard InChI is InChI=1S/C27H30/c1-3-5-23-10-12-25(13-11-23)16-17-27-20-18-26(19-21-27)15-14-24-8-6-22(4-2)7-9-24/h10-13,18-22,24H,4,6-9,14-15H2,1-2H3/t22-,24-. The van der Waals surface area contributed by atoms with Crippen molar-refractivity contribution in [2.24, 2.45) is 11.8 Å². The van der Waals surface area contributed by atoms with E-state index in [0.717, 1.165) is 28.5 Å². The second kappa shape index (κ2) is 10.0. The molecule has 0 amide bonds. The van der Waals surface area contributed by atoms with Crippen LogP contribution in [0.2, 0.25) is 0 Å². The molecule has 0 spiro atoms. The second-order valence-electron chi connectivity index (χ2n) is 7.73. The smallest absolute Gasteiger partial charge is 0.0249 e. The molecule has 1 saturated carbocycles. The Morgan fingerprint density at radius 2 is 1.19 bits per heavy atom. The van der Waals surface area contributed by atoms with Gasteiger partial charge in [0, 0.05) is 16.7 Å². The molecule has 0 saturated heterocycles. The molecular formula is C27H30. The van der Waals surface area contributed by atoms with E-state index in [1.165, 1.54) is 50.5 Å². The SMILES string of the molecule is CC#Cc1ccc(C#Cc2ccc(CC[C@H]3CC[C@H](CC)CC3)cc2)cc1. The van der Waals surface area contributed by atoms with Crippen LogP contribution in [0.1, 0.15) is 74.6 Å². The zero-order chi connectivity index (χ0) is 18.9. The fourth-order valence-electron chi connectivity index (χ4n) is 3.98. The third kappa shape index (κ3) is 6.05. The molecule has 2 aromatic carbocycles. The van der Waals surface area contributed by atoms with Crippen LogP contribution in [0, 0.1) is 35.5 Å². The van der Waals surface area contributed by atoms with E-state index in [1.807, 2.05) is 31.2 Å². The molecule has 1 fully saturated rings. The fourth-order valence-corrected chi connectivity index (χ4v) is 3.98. The van der Waals surface area contributed by atoms with E-state index in [-0.39, 0.29) is 0 Å². The monoisotopic (exact) mass is 354 g/mol. The Hall–Kier alpha value is -2.44. The zero-order valence-corrected chi connectivity index (χ0v) is 16.7. The van der Waals surface area contributed by atoms with Crippen molar-refractivity contribution in [3.8, 4) is 23.7 Å². The molecule has 1 aliphatic carbocycles. The number of rotatable bonds is 4. The lowest BCUT2D eigenvalue weighted by atomic mass is 9.78. The fraction of sp³-hybridized carbons (Fsp3) is 0.407. The predicted octanol–water partition coefficient (Wildman–Crippen LogP) is 6.61. The Morgan fingerprint density at radius 1 is 0.704 bits per heavy atom. The first-order chi connectivity index (χ1) is 13.3. The average Bonchev–Trinajstić information content (AvgIpc) is 2.73. The first-order valence-corrected chi connectivity index (χ1v) is 10.4. The van der Waals surface area contributed by atoms with Crippen LogP contribution in [0.3, 0.4) is 0 Å². The quantitative estimate of drug-likeness (QED) is 0.542. The minimum absolute atomic E-state index is 0.938. The van der Waals surface area contributed by atoms with E-state index in [2.05, 4.69) is 54.9 Å². The van der Waals surface area contributed by atoms with Crippen molar-refractivity contribution < 1.29 is 0 Å². The van der Waals surface area contributed by atoms with Crippen LogP contribution in [0.25, 0.3) is 0 Å². The highest BCUT2D eigenvalue weighted by Gasteiger charge is 2.19. The average molecular weight is 355 g/mol. The van der Waals surface area contributed by atoms with Crippen LogP contribution in [-0.2, 0) is 6.42 Å². The Morgan fingerprint density at radius 3 is 1.70 bits per heavy atom. The molecule has 3 rings (SSSR count). The van der Waals surface area contributed by atoms with Gasteiger partial charge in [0.25, 0.3) is 0 Å². The summed E-state index contributed by atoms with van der Waals surface area (Å²) in [5.74, 6) is 14.4. The van der Waals surface area contributed by atoms with Crippen LogP contribution >= 0.6 is 0 Å². The molecule has 0 nitrogen and oxygen atoms in total. The third-order valence-corrected chi connectivity index (χ3v) is 5.84. The molecule has 138 valence electrons. The summed E-state index contributed by atoms with van der Waals surface area (Å²) in [4.78, 5) is 0. The van der Waals surface area contributed by atoms with Gasteiger partial charge in [0.2, 0.25) is 0 Å². The van der Waals surface area contributed by atoms with E-state index in [0.29, 0.717) is 0 Å². The van der Waals surface area contributed by atoms with Crippen molar-refractivity contribution in [3.63, 3.8) is 0 Å². The summed E-state index contributed by atoms with van der Waals surface area (Å²) < 4.78 is 0. The van der Waals surface area contributed by atoms with E-state index in [4.69, 9.17) is 0 Å². The van der Waals surface area contributed by atoms with Gasteiger partial charge in [0.1, 0.15) is 0 Å². The summed E-state index contributed by atoms with van der Waals surface area (Å²) in [5, 5.41) is 0. The van der Waals surface area contributed by atoms with Gasteiger partial charge in [0.15, 0.2) is 0 Å². The van der Waals surface area contributed by atoms with Crippen LogP contribution in [0.4, 0.5) is 0 Å². The van der Waals surface area contributed by atoms with Crippen LogP contribution in [-0.4, -0.2) is 0 Å². The Bertz CT molecular complexity index is 823. The first kappa shape index (κ1) is 19.3. The molecule has 0 radical (unpaired) electrons. The Kier molecular flexibility index (Phi) is 7.19. The van der Waals surface area contributed by atoms with E-state index in [1.54, 1.807) is 0 Å². The number of benzene rings is 2. The molecule has 0 heteroatoms. The lowest BCUT2D eigenvalue weighted by molar-refractivity contribution is 0.259. The second-order valence-corrected chi connectivity index (χ2v) is 7.73. The highest BCUT2D eigenvalue weighted by molar-refractivity contribution is 5.46. The van der Waals surface area contributed by atoms with E-state index >= 15 is 0 Å². The number of hydrogen-bond acceptors (Lipinski definition) is 0. The molecule has 2 aromatic rings. The summed E-state index contributed by atoms with van der Waals surface area (Å²) in [6.07, 6.45) is 9.68. The summed E-state index contributed by atoms with van der Waals surface area (Å²) in [5.41, 5.74) is 4.60. The number of aryl methyl sites for hydroxylation is 1. The molecule has 1 aliphatic rings. The lowest BCUT2D eigenvalue weighted by Gasteiger charge is -2.27. The molecule has 0 bridgehead atoms. The zero-order valence-electron chi connectivity index (χ0n) is 16.7. The minimum atomic E-state index is 0.938. The third-order valence-electron chi connectivity index (χ3n) is 5.84. The minimum Gasteiger partial charge on any atom is -0.101 e.